The molecule has 0 fully saturated rings. The van der Waals surface area contributed by atoms with Gasteiger partial charge < -0.3 is 14.2 Å². The lowest BCUT2D eigenvalue weighted by molar-refractivity contribution is -0.167. The second kappa shape index (κ2) is 40.1. The Morgan fingerprint density at radius 3 is 0.925 bits per heavy atom. The maximum atomic E-state index is 12.6. The predicted octanol–water partition coefficient (Wildman–Crippen LogP) is 14.6. The third kappa shape index (κ3) is 41.4. The Labute approximate surface area is 329 Å². The molecule has 0 heterocycles. The van der Waals surface area contributed by atoms with Crippen LogP contribution in [0.3, 0.4) is 0 Å². The second-order valence-corrected chi connectivity index (χ2v) is 17.0. The SMILES string of the molecule is CCCCCCCCCC(=O)OC[C@H](COC(=O)CCCCCCCCCCCCCCCCCCC(C)C)OC(=O)CCCCCCCCC(C)C. The molecule has 0 saturated heterocycles. The molecule has 0 aliphatic heterocycles. The Morgan fingerprint density at radius 2 is 0.623 bits per heavy atom. The zero-order chi connectivity index (χ0) is 39.0. The van der Waals surface area contributed by atoms with Gasteiger partial charge in [-0.05, 0) is 31.1 Å². The summed E-state index contributed by atoms with van der Waals surface area (Å²) in [5.41, 5.74) is 0. The minimum absolute atomic E-state index is 0.0659. The molecule has 0 spiro atoms. The van der Waals surface area contributed by atoms with Gasteiger partial charge in [0.15, 0.2) is 6.10 Å². The van der Waals surface area contributed by atoms with Gasteiger partial charge in [0, 0.05) is 19.3 Å². The van der Waals surface area contributed by atoms with Gasteiger partial charge in [0.25, 0.3) is 0 Å². The largest absolute Gasteiger partial charge is 0.462 e. The molecule has 0 saturated carbocycles. The topological polar surface area (TPSA) is 78.9 Å². The van der Waals surface area contributed by atoms with E-state index >= 15 is 0 Å². The van der Waals surface area contributed by atoms with Crippen molar-refractivity contribution in [3.8, 4) is 0 Å². The van der Waals surface area contributed by atoms with Crippen molar-refractivity contribution in [1.29, 1.82) is 0 Å². The van der Waals surface area contributed by atoms with Crippen molar-refractivity contribution in [2.45, 2.75) is 259 Å². The van der Waals surface area contributed by atoms with Crippen LogP contribution in [-0.4, -0.2) is 37.2 Å². The van der Waals surface area contributed by atoms with Crippen molar-refractivity contribution in [1.82, 2.24) is 0 Å². The van der Waals surface area contributed by atoms with E-state index in [1.807, 2.05) is 0 Å². The number of esters is 3. The smallest absolute Gasteiger partial charge is 0.306 e. The summed E-state index contributed by atoms with van der Waals surface area (Å²) in [6, 6.07) is 0. The molecule has 0 aliphatic rings. The molecule has 53 heavy (non-hydrogen) atoms. The molecule has 0 amide bonds. The van der Waals surface area contributed by atoms with Crippen molar-refractivity contribution in [3.63, 3.8) is 0 Å². The number of unbranched alkanes of at least 4 members (excludes halogenated alkanes) is 26. The van der Waals surface area contributed by atoms with Crippen molar-refractivity contribution in [2.75, 3.05) is 13.2 Å². The maximum Gasteiger partial charge on any atom is 0.306 e. The fraction of sp³-hybridized carbons (Fsp3) is 0.936. The summed E-state index contributed by atoms with van der Waals surface area (Å²) in [4.78, 5) is 37.5. The van der Waals surface area contributed by atoms with Crippen LogP contribution in [-0.2, 0) is 28.6 Å². The van der Waals surface area contributed by atoms with E-state index < -0.39 is 6.10 Å². The van der Waals surface area contributed by atoms with Gasteiger partial charge in [-0.3, -0.25) is 14.4 Å². The highest BCUT2D eigenvalue weighted by atomic mass is 16.6. The van der Waals surface area contributed by atoms with Gasteiger partial charge in [-0.25, -0.2) is 0 Å². The van der Waals surface area contributed by atoms with E-state index in [1.165, 1.54) is 141 Å². The quantitative estimate of drug-likeness (QED) is 0.0352. The fourth-order valence-electron chi connectivity index (χ4n) is 6.93. The molecular formula is C47H90O6. The summed E-state index contributed by atoms with van der Waals surface area (Å²) in [6.45, 7) is 11.2. The predicted molar refractivity (Wildman–Crippen MR) is 224 cm³/mol. The molecule has 0 aromatic carbocycles. The van der Waals surface area contributed by atoms with E-state index in [9.17, 15) is 14.4 Å². The first-order valence-electron chi connectivity index (χ1n) is 23.2. The molecule has 0 rings (SSSR count). The minimum atomic E-state index is -0.759. The van der Waals surface area contributed by atoms with Crippen LogP contribution < -0.4 is 0 Å². The van der Waals surface area contributed by atoms with Crippen LogP contribution in [0, 0.1) is 11.8 Å². The van der Waals surface area contributed by atoms with Crippen LogP contribution in [0.5, 0.6) is 0 Å². The van der Waals surface area contributed by atoms with Gasteiger partial charge >= 0.3 is 17.9 Å². The number of carbonyl (C=O) groups excluding carboxylic acids is 3. The lowest BCUT2D eigenvalue weighted by Crippen LogP contribution is -2.30. The number of carbonyl (C=O) groups is 3. The highest BCUT2D eigenvalue weighted by Crippen LogP contribution is 2.17. The van der Waals surface area contributed by atoms with Gasteiger partial charge in [-0.2, -0.15) is 0 Å². The Morgan fingerprint density at radius 1 is 0.358 bits per heavy atom. The molecule has 0 aliphatic carbocycles. The third-order valence-electron chi connectivity index (χ3n) is 10.5. The van der Waals surface area contributed by atoms with Gasteiger partial charge in [-0.1, -0.05) is 214 Å². The molecule has 6 nitrogen and oxygen atoms in total. The average molecular weight is 751 g/mol. The first-order chi connectivity index (χ1) is 25.7. The summed E-state index contributed by atoms with van der Waals surface area (Å²) in [7, 11) is 0. The van der Waals surface area contributed by atoms with E-state index in [1.54, 1.807) is 0 Å². The summed E-state index contributed by atoms with van der Waals surface area (Å²) >= 11 is 0. The molecule has 0 unspecified atom stereocenters. The summed E-state index contributed by atoms with van der Waals surface area (Å²) in [5.74, 6) is 0.744. The second-order valence-electron chi connectivity index (χ2n) is 17.0. The highest BCUT2D eigenvalue weighted by Gasteiger charge is 2.19. The van der Waals surface area contributed by atoms with Crippen molar-refractivity contribution in [3.05, 3.63) is 0 Å². The average Bonchev–Trinajstić information content (AvgIpc) is 3.12. The number of hydrogen-bond donors (Lipinski definition) is 0. The normalized spacial score (nSPS) is 12.1. The molecule has 0 aromatic rings. The molecule has 0 bridgehead atoms. The zero-order valence-electron chi connectivity index (χ0n) is 36.1. The molecule has 1 atom stereocenters. The van der Waals surface area contributed by atoms with E-state index in [4.69, 9.17) is 14.2 Å². The summed E-state index contributed by atoms with van der Waals surface area (Å²) < 4.78 is 16.6. The minimum Gasteiger partial charge on any atom is -0.462 e. The fourth-order valence-corrected chi connectivity index (χ4v) is 6.93. The van der Waals surface area contributed by atoms with Gasteiger partial charge in [-0.15, -0.1) is 0 Å². The monoisotopic (exact) mass is 751 g/mol. The van der Waals surface area contributed by atoms with Gasteiger partial charge in [0.1, 0.15) is 13.2 Å². The van der Waals surface area contributed by atoms with Crippen molar-refractivity contribution < 1.29 is 28.6 Å². The Bertz CT molecular complexity index is 809. The van der Waals surface area contributed by atoms with Crippen molar-refractivity contribution in [2.24, 2.45) is 11.8 Å². The summed E-state index contributed by atoms with van der Waals surface area (Å²) in [5, 5.41) is 0. The van der Waals surface area contributed by atoms with Crippen molar-refractivity contribution >= 4 is 17.9 Å². The maximum absolute atomic E-state index is 12.6. The zero-order valence-corrected chi connectivity index (χ0v) is 36.1. The van der Waals surface area contributed by atoms with Gasteiger partial charge in [0.2, 0.25) is 0 Å². The first kappa shape index (κ1) is 51.4. The molecule has 0 N–H and O–H groups in total. The number of rotatable bonds is 41. The lowest BCUT2D eigenvalue weighted by atomic mass is 10.0. The van der Waals surface area contributed by atoms with E-state index in [0.29, 0.717) is 19.3 Å². The molecule has 314 valence electrons. The standard InChI is InChI=1S/C47H90O6/c1-6-7-8-9-20-27-32-37-45(48)51-40-44(53-47(50)39-34-29-24-23-26-31-36-43(4)5)41-52-46(49)38-33-28-22-19-17-15-13-11-10-12-14-16-18-21-25-30-35-42(2)3/h42-44H,6-41H2,1-5H3/t44-/m1/s1. The van der Waals surface area contributed by atoms with E-state index in [-0.39, 0.29) is 31.1 Å². The Balaban J connectivity index is 4.14. The Hall–Kier alpha value is -1.59. The van der Waals surface area contributed by atoms with E-state index in [2.05, 4.69) is 34.6 Å². The highest BCUT2D eigenvalue weighted by molar-refractivity contribution is 5.71. The first-order valence-corrected chi connectivity index (χ1v) is 23.2. The number of hydrogen-bond acceptors (Lipinski definition) is 6. The van der Waals surface area contributed by atoms with Crippen LogP contribution >= 0.6 is 0 Å². The summed E-state index contributed by atoms with van der Waals surface area (Å²) in [6.07, 6.45) is 38.3. The van der Waals surface area contributed by atoms with Crippen LogP contribution in [0.15, 0.2) is 0 Å². The molecule has 0 aromatic heterocycles. The van der Waals surface area contributed by atoms with Gasteiger partial charge in [0.05, 0.1) is 0 Å². The Kier molecular flexibility index (Phi) is 38.9. The third-order valence-corrected chi connectivity index (χ3v) is 10.5. The van der Waals surface area contributed by atoms with E-state index in [0.717, 1.165) is 69.6 Å². The molecule has 0 radical (unpaired) electrons. The van der Waals surface area contributed by atoms with Crippen LogP contribution in [0.25, 0.3) is 0 Å². The van der Waals surface area contributed by atoms with Crippen LogP contribution in [0.2, 0.25) is 0 Å². The lowest BCUT2D eigenvalue weighted by Gasteiger charge is -2.18. The molecular weight excluding hydrogens is 661 g/mol. The van der Waals surface area contributed by atoms with Crippen LogP contribution in [0.4, 0.5) is 0 Å². The molecule has 6 heteroatoms. The number of ether oxygens (including phenoxy) is 3. The van der Waals surface area contributed by atoms with Crippen LogP contribution in [0.1, 0.15) is 253 Å².